The molecule has 0 spiro atoms. The summed E-state index contributed by atoms with van der Waals surface area (Å²) in [4.78, 5) is 0. The minimum Gasteiger partial charge on any atom is -0.309 e. The maximum Gasteiger partial charge on any atom is 0.0652 e. The van der Waals surface area contributed by atoms with E-state index in [1.807, 2.05) is 48.5 Å². The van der Waals surface area contributed by atoms with E-state index in [1.54, 1.807) is 45.5 Å². The molecule has 0 radical (unpaired) electrons. The molecule has 0 saturated heterocycles. The van der Waals surface area contributed by atoms with E-state index in [0.29, 0.717) is 54.7 Å². The molecule has 2 aromatic heterocycles. The number of nitrogens with zero attached hydrogens (tertiary/aromatic N) is 2. The summed E-state index contributed by atoms with van der Waals surface area (Å²) in [5.74, 6) is 0. The Hall–Kier alpha value is -7.42. The summed E-state index contributed by atoms with van der Waals surface area (Å²) in [5.41, 5.74) is 2.44. The van der Waals surface area contributed by atoms with E-state index in [-0.39, 0.29) is 49.3 Å². The molecule has 12 rings (SSSR count). The number of benzene rings is 10. The predicted octanol–water partition coefficient (Wildman–Crippen LogP) is 14.7. The lowest BCUT2D eigenvalue weighted by molar-refractivity contribution is 1.18. The van der Waals surface area contributed by atoms with E-state index >= 15 is 0 Å². The van der Waals surface area contributed by atoms with Crippen LogP contribution in [0.25, 0.3) is 110 Å². The van der Waals surface area contributed by atoms with Crippen LogP contribution < -0.4 is 0 Å². The topological polar surface area (TPSA) is 9.86 Å². The van der Waals surface area contributed by atoms with Gasteiger partial charge in [-0.3, -0.25) is 0 Å². The second-order valence-electron chi connectivity index (χ2n) is 13.4. The fraction of sp³-hybridized carbons (Fsp3) is 0. The van der Waals surface area contributed by atoms with Crippen molar-refractivity contribution < 1.29 is 27.4 Å². The number of para-hydroxylation sites is 2. The molecule has 2 heteroatoms. The highest BCUT2D eigenvalue weighted by Gasteiger charge is 2.17. The first kappa shape index (κ1) is 17.4. The number of hydrogen-bond acceptors (Lipinski definition) is 0. The standard InChI is InChI=1S/C54H34N2/c1-2-13-35(14-3-1)36-15-12-16-39(31-36)55-51-23-10-8-21-46(51)49-32-37(25-29-53(49)55)38-26-30-54-50(33-38)47-22-9-11-24-52(47)56(54)40-27-28-45-43-19-5-4-17-41(43)42-18-6-7-20-44(42)48(45)34-40/h1-34H/i1D,2D,3D,4D,5D,6D,7D,12D,13D,14D,15D,16D,17D,18D,19D,20D,27D,28D,31D,34D. The Morgan fingerprint density at radius 2 is 0.750 bits per heavy atom. The Labute approximate surface area is 351 Å². The molecule has 0 bridgehead atoms. The molecule has 10 aromatic carbocycles. The molecule has 12 aromatic rings. The van der Waals surface area contributed by atoms with Gasteiger partial charge in [-0.15, -0.1) is 0 Å². The summed E-state index contributed by atoms with van der Waals surface area (Å²) in [6, 6.07) is 13.7. The zero-order chi connectivity index (χ0) is 54.1. The van der Waals surface area contributed by atoms with Crippen LogP contribution in [0.1, 0.15) is 27.4 Å². The van der Waals surface area contributed by atoms with E-state index < -0.39 is 126 Å². The molecule has 56 heavy (non-hydrogen) atoms. The second kappa shape index (κ2) is 12.0. The minimum absolute atomic E-state index is 0.105. The van der Waals surface area contributed by atoms with Gasteiger partial charge < -0.3 is 9.13 Å². The van der Waals surface area contributed by atoms with E-state index in [9.17, 15) is 5.48 Å². The maximum atomic E-state index is 9.95. The smallest absolute Gasteiger partial charge is 0.0652 e. The molecule has 2 nitrogen and oxygen atoms in total. The van der Waals surface area contributed by atoms with E-state index in [0.717, 1.165) is 0 Å². The van der Waals surface area contributed by atoms with Crippen molar-refractivity contribution in [3.05, 3.63) is 206 Å². The minimum atomic E-state index is -0.672. The summed E-state index contributed by atoms with van der Waals surface area (Å²) in [7, 11) is 0. The first-order valence-electron chi connectivity index (χ1n) is 27.7. The zero-order valence-electron chi connectivity index (χ0n) is 49.0. The Balaban J connectivity index is 1.10. The second-order valence-corrected chi connectivity index (χ2v) is 13.4. The Morgan fingerprint density at radius 1 is 0.286 bits per heavy atom. The molecule has 0 amide bonds. The van der Waals surface area contributed by atoms with E-state index in [2.05, 4.69) is 0 Å². The Bertz CT molecular complexity index is 4640. The molecule has 2 heterocycles. The fourth-order valence-corrected chi connectivity index (χ4v) is 7.99. The third-order valence-electron chi connectivity index (χ3n) is 10.4. The monoisotopic (exact) mass is 730 g/mol. The molecule has 0 fully saturated rings. The first-order valence-corrected chi connectivity index (χ1v) is 17.7. The van der Waals surface area contributed by atoms with Crippen molar-refractivity contribution in [1.29, 1.82) is 0 Å². The van der Waals surface area contributed by atoms with Gasteiger partial charge in [-0.2, -0.15) is 0 Å². The summed E-state index contributed by atoms with van der Waals surface area (Å²) in [5, 5.41) is 1.35. The number of aromatic nitrogens is 2. The fourth-order valence-electron chi connectivity index (χ4n) is 7.99. The lowest BCUT2D eigenvalue weighted by Gasteiger charge is -2.14. The summed E-state index contributed by atoms with van der Waals surface area (Å²) >= 11 is 0. The molecule has 0 aliphatic rings. The van der Waals surface area contributed by atoms with Crippen molar-refractivity contribution in [3.63, 3.8) is 0 Å². The zero-order valence-corrected chi connectivity index (χ0v) is 29.0. The summed E-state index contributed by atoms with van der Waals surface area (Å²) in [6.07, 6.45) is 0. The van der Waals surface area contributed by atoms with Gasteiger partial charge in [-0.1, -0.05) is 145 Å². The van der Waals surface area contributed by atoms with Crippen LogP contribution >= 0.6 is 0 Å². The van der Waals surface area contributed by atoms with Crippen molar-refractivity contribution in [3.8, 4) is 33.6 Å². The van der Waals surface area contributed by atoms with Crippen LogP contribution in [0.2, 0.25) is 0 Å². The van der Waals surface area contributed by atoms with Crippen LogP contribution in [0, 0.1) is 0 Å². The largest absolute Gasteiger partial charge is 0.309 e. The van der Waals surface area contributed by atoms with Crippen LogP contribution in [-0.4, -0.2) is 9.13 Å². The molecule has 0 aliphatic carbocycles. The summed E-state index contributed by atoms with van der Waals surface area (Å²) in [6.45, 7) is 0. The van der Waals surface area contributed by atoms with E-state index in [4.69, 9.17) is 21.9 Å². The average Bonchev–Trinajstić information content (AvgIpc) is 3.96. The third-order valence-corrected chi connectivity index (χ3v) is 10.4. The highest BCUT2D eigenvalue weighted by atomic mass is 15.0. The van der Waals surface area contributed by atoms with Crippen molar-refractivity contribution in [2.75, 3.05) is 0 Å². The molecule has 0 unspecified atom stereocenters. The lowest BCUT2D eigenvalue weighted by atomic mass is 9.94. The van der Waals surface area contributed by atoms with Crippen LogP contribution in [0.5, 0.6) is 0 Å². The maximum absolute atomic E-state index is 9.95. The molecule has 0 N–H and O–H groups in total. The molecule has 0 saturated carbocycles. The van der Waals surface area contributed by atoms with Crippen LogP contribution in [0.15, 0.2) is 206 Å². The predicted molar refractivity (Wildman–Crippen MR) is 239 cm³/mol. The van der Waals surface area contributed by atoms with Gasteiger partial charge in [0, 0.05) is 32.9 Å². The number of fused-ring (bicyclic) bond motifs is 12. The highest BCUT2D eigenvalue weighted by molar-refractivity contribution is 6.25. The lowest BCUT2D eigenvalue weighted by Crippen LogP contribution is -1.94. The number of hydrogen-bond donors (Lipinski definition) is 0. The molecule has 0 atom stereocenters. The van der Waals surface area contributed by atoms with Gasteiger partial charge in [0.15, 0.2) is 0 Å². The quantitative estimate of drug-likeness (QED) is 0.160. The van der Waals surface area contributed by atoms with Crippen molar-refractivity contribution in [1.82, 2.24) is 9.13 Å². The Morgan fingerprint density at radius 3 is 1.34 bits per heavy atom. The van der Waals surface area contributed by atoms with Gasteiger partial charge in [0.1, 0.15) is 0 Å². The Kier molecular flexibility index (Phi) is 3.74. The first-order chi connectivity index (χ1) is 36.1. The van der Waals surface area contributed by atoms with E-state index in [1.165, 1.54) is 0 Å². The molecule has 260 valence electrons. The molecule has 0 aliphatic heterocycles. The molecular formula is C54H34N2. The van der Waals surface area contributed by atoms with Crippen LogP contribution in [0.4, 0.5) is 0 Å². The van der Waals surface area contributed by atoms with Crippen molar-refractivity contribution >= 4 is 75.9 Å². The normalized spacial score (nSPS) is 16.9. The van der Waals surface area contributed by atoms with Gasteiger partial charge in [0.2, 0.25) is 0 Å². The van der Waals surface area contributed by atoms with Gasteiger partial charge >= 0.3 is 0 Å². The van der Waals surface area contributed by atoms with Gasteiger partial charge in [0.25, 0.3) is 0 Å². The van der Waals surface area contributed by atoms with Crippen LogP contribution in [-0.2, 0) is 0 Å². The molecular weight excluding hydrogens is 677 g/mol. The number of rotatable bonds is 4. The van der Waals surface area contributed by atoms with Gasteiger partial charge in [0.05, 0.1) is 49.5 Å². The van der Waals surface area contributed by atoms with Crippen molar-refractivity contribution in [2.24, 2.45) is 0 Å². The average molecular weight is 731 g/mol. The highest BCUT2D eigenvalue weighted by Crippen LogP contribution is 2.41. The van der Waals surface area contributed by atoms with Gasteiger partial charge in [-0.25, -0.2) is 0 Å². The van der Waals surface area contributed by atoms with Crippen LogP contribution in [0.3, 0.4) is 0 Å². The van der Waals surface area contributed by atoms with Crippen molar-refractivity contribution in [2.45, 2.75) is 0 Å². The third kappa shape index (κ3) is 4.57. The SMILES string of the molecule is [2H]c1c([2H])c([2H])c(-c2c([2H])c([2H])c([2H])c(-n3c4ccccc4c4cc(-c5ccc6c(c5)c5ccccc5n6-c5c([2H])c([2H])c6c7c([2H])c([2H])c([2H])c([2H])c7c7c([2H])c([2H])c([2H])c([2H])c7c6c5[2H])ccc43)c2[2H])c([2H])c1[2H]. The summed E-state index contributed by atoms with van der Waals surface area (Å²) < 4.78 is 181. The van der Waals surface area contributed by atoms with Gasteiger partial charge in [-0.05, 0) is 115 Å².